The highest BCUT2D eigenvalue weighted by atomic mass is 16.5. The van der Waals surface area contributed by atoms with E-state index in [2.05, 4.69) is 13.8 Å². The van der Waals surface area contributed by atoms with E-state index in [9.17, 15) is 0 Å². The first-order valence-electron chi connectivity index (χ1n) is 7.54. The molecule has 2 nitrogen and oxygen atoms in total. The molecule has 0 spiro atoms. The largest absolute Gasteiger partial charge is 0.378 e. The fourth-order valence-electron chi connectivity index (χ4n) is 3.46. The summed E-state index contributed by atoms with van der Waals surface area (Å²) in [5, 5.41) is 0. The van der Waals surface area contributed by atoms with E-state index in [1.807, 2.05) is 0 Å². The van der Waals surface area contributed by atoms with Crippen molar-refractivity contribution in [2.45, 2.75) is 70.9 Å². The van der Waals surface area contributed by atoms with Crippen molar-refractivity contribution in [3.05, 3.63) is 0 Å². The molecular weight excluding hydrogens is 210 g/mol. The van der Waals surface area contributed by atoms with Crippen LogP contribution < -0.4 is 5.73 Å². The van der Waals surface area contributed by atoms with Crippen molar-refractivity contribution in [1.29, 1.82) is 0 Å². The van der Waals surface area contributed by atoms with E-state index in [-0.39, 0.29) is 0 Å². The summed E-state index contributed by atoms with van der Waals surface area (Å²) in [6.07, 6.45) is 9.45. The van der Waals surface area contributed by atoms with Gasteiger partial charge in [-0.1, -0.05) is 20.3 Å². The van der Waals surface area contributed by atoms with Crippen molar-refractivity contribution < 1.29 is 4.74 Å². The number of hydrogen-bond donors (Lipinski definition) is 1. The van der Waals surface area contributed by atoms with Gasteiger partial charge < -0.3 is 10.5 Å². The average Bonchev–Trinajstić information content (AvgIpc) is 2.70. The van der Waals surface area contributed by atoms with Gasteiger partial charge in [0.1, 0.15) is 0 Å². The van der Waals surface area contributed by atoms with Crippen molar-refractivity contribution in [2.75, 3.05) is 6.61 Å². The zero-order valence-corrected chi connectivity index (χ0v) is 11.5. The van der Waals surface area contributed by atoms with E-state index in [4.69, 9.17) is 10.5 Å². The lowest BCUT2D eigenvalue weighted by atomic mass is 9.80. The quantitative estimate of drug-likeness (QED) is 0.816. The Kier molecular flexibility index (Phi) is 4.87. The molecule has 17 heavy (non-hydrogen) atoms. The fourth-order valence-corrected chi connectivity index (χ4v) is 3.46. The maximum Gasteiger partial charge on any atom is 0.0577 e. The summed E-state index contributed by atoms with van der Waals surface area (Å²) in [6.45, 7) is 5.68. The molecule has 0 aliphatic heterocycles. The van der Waals surface area contributed by atoms with Crippen LogP contribution >= 0.6 is 0 Å². The third-order valence-electron chi connectivity index (χ3n) is 5.11. The Hall–Kier alpha value is -0.0800. The highest BCUT2D eigenvalue weighted by molar-refractivity contribution is 4.80. The highest BCUT2D eigenvalue weighted by Crippen LogP contribution is 2.32. The molecule has 0 bridgehead atoms. The monoisotopic (exact) mass is 239 g/mol. The van der Waals surface area contributed by atoms with E-state index >= 15 is 0 Å². The van der Waals surface area contributed by atoms with Crippen LogP contribution in [-0.4, -0.2) is 18.8 Å². The van der Waals surface area contributed by atoms with Gasteiger partial charge in [0.25, 0.3) is 0 Å². The Morgan fingerprint density at radius 3 is 2.53 bits per heavy atom. The molecule has 0 aromatic heterocycles. The summed E-state index contributed by atoms with van der Waals surface area (Å²) >= 11 is 0. The molecule has 2 aliphatic carbocycles. The van der Waals surface area contributed by atoms with Gasteiger partial charge in [0, 0.05) is 12.6 Å². The Morgan fingerprint density at radius 2 is 1.88 bits per heavy atom. The molecule has 0 aromatic carbocycles. The van der Waals surface area contributed by atoms with Crippen LogP contribution in [0, 0.1) is 17.8 Å². The average molecular weight is 239 g/mol. The van der Waals surface area contributed by atoms with E-state index in [1.165, 1.54) is 44.9 Å². The van der Waals surface area contributed by atoms with Gasteiger partial charge in [-0.05, 0) is 56.3 Å². The van der Waals surface area contributed by atoms with Gasteiger partial charge in [-0.3, -0.25) is 0 Å². The van der Waals surface area contributed by atoms with Crippen LogP contribution in [0.2, 0.25) is 0 Å². The number of hydrogen-bond acceptors (Lipinski definition) is 2. The molecule has 0 saturated heterocycles. The van der Waals surface area contributed by atoms with Gasteiger partial charge in [-0.2, -0.15) is 0 Å². The first kappa shape index (κ1) is 13.4. The van der Waals surface area contributed by atoms with E-state index < -0.39 is 0 Å². The highest BCUT2D eigenvalue weighted by Gasteiger charge is 2.26. The molecule has 0 aromatic rings. The Bertz CT molecular complexity index is 231. The minimum atomic E-state index is 0.448. The van der Waals surface area contributed by atoms with E-state index in [1.54, 1.807) is 0 Å². The molecule has 5 atom stereocenters. The summed E-state index contributed by atoms with van der Waals surface area (Å²) in [7, 11) is 0. The minimum Gasteiger partial charge on any atom is -0.378 e. The Balaban J connectivity index is 1.62. The van der Waals surface area contributed by atoms with Gasteiger partial charge in [0.2, 0.25) is 0 Å². The second-order valence-electron chi connectivity index (χ2n) is 6.40. The van der Waals surface area contributed by atoms with Crippen LogP contribution in [0.1, 0.15) is 58.8 Å². The summed E-state index contributed by atoms with van der Waals surface area (Å²) in [5.74, 6) is 2.45. The number of rotatable bonds is 4. The zero-order valence-electron chi connectivity index (χ0n) is 11.5. The topological polar surface area (TPSA) is 35.2 Å². The van der Waals surface area contributed by atoms with Gasteiger partial charge in [0.05, 0.1) is 6.10 Å². The SMILES string of the molecule is CC1CCC(OCCC2CCCC2N)CC1C. The molecule has 2 rings (SSSR count). The lowest BCUT2D eigenvalue weighted by Crippen LogP contribution is -2.29. The fraction of sp³-hybridized carbons (Fsp3) is 1.00. The van der Waals surface area contributed by atoms with Crippen molar-refractivity contribution in [3.8, 4) is 0 Å². The standard InChI is InChI=1S/C15H29NO/c1-11-6-7-14(10-12(11)2)17-9-8-13-4-3-5-15(13)16/h11-15H,3-10,16H2,1-2H3. The lowest BCUT2D eigenvalue weighted by molar-refractivity contribution is -0.00320. The summed E-state index contributed by atoms with van der Waals surface area (Å²) < 4.78 is 6.06. The molecule has 2 heteroatoms. The molecule has 2 N–H and O–H groups in total. The Morgan fingerprint density at radius 1 is 1.06 bits per heavy atom. The van der Waals surface area contributed by atoms with Gasteiger partial charge >= 0.3 is 0 Å². The van der Waals surface area contributed by atoms with Crippen molar-refractivity contribution in [3.63, 3.8) is 0 Å². The Labute approximate surface area is 106 Å². The first-order chi connectivity index (χ1) is 8.16. The molecular formula is C15H29NO. The van der Waals surface area contributed by atoms with Crippen LogP contribution in [0.4, 0.5) is 0 Å². The van der Waals surface area contributed by atoms with Crippen LogP contribution in [-0.2, 0) is 4.74 Å². The zero-order chi connectivity index (χ0) is 12.3. The molecule has 100 valence electrons. The normalized spacial score (nSPS) is 42.9. The molecule has 0 heterocycles. The van der Waals surface area contributed by atoms with Gasteiger partial charge in [0.15, 0.2) is 0 Å². The van der Waals surface area contributed by atoms with E-state index in [0.29, 0.717) is 12.1 Å². The van der Waals surface area contributed by atoms with Crippen LogP contribution in [0.3, 0.4) is 0 Å². The second kappa shape index (κ2) is 6.19. The maximum atomic E-state index is 6.08. The summed E-state index contributed by atoms with van der Waals surface area (Å²) in [5.41, 5.74) is 6.08. The molecule has 2 aliphatic rings. The summed E-state index contributed by atoms with van der Waals surface area (Å²) in [6, 6.07) is 0.448. The van der Waals surface area contributed by atoms with Crippen molar-refractivity contribution >= 4 is 0 Å². The third kappa shape index (κ3) is 3.69. The molecule has 2 fully saturated rings. The van der Waals surface area contributed by atoms with Crippen molar-refractivity contribution in [2.24, 2.45) is 23.5 Å². The first-order valence-corrected chi connectivity index (χ1v) is 7.54. The predicted molar refractivity (Wildman–Crippen MR) is 71.9 cm³/mol. The number of nitrogens with two attached hydrogens (primary N) is 1. The molecule has 0 radical (unpaired) electrons. The van der Waals surface area contributed by atoms with Gasteiger partial charge in [-0.15, -0.1) is 0 Å². The number of ether oxygens (including phenoxy) is 1. The van der Waals surface area contributed by atoms with Crippen LogP contribution in [0.5, 0.6) is 0 Å². The second-order valence-corrected chi connectivity index (χ2v) is 6.40. The maximum absolute atomic E-state index is 6.08. The third-order valence-corrected chi connectivity index (χ3v) is 5.11. The molecule has 0 amide bonds. The minimum absolute atomic E-state index is 0.448. The van der Waals surface area contributed by atoms with Gasteiger partial charge in [-0.25, -0.2) is 0 Å². The van der Waals surface area contributed by atoms with E-state index in [0.717, 1.165) is 24.4 Å². The van der Waals surface area contributed by atoms with Crippen molar-refractivity contribution in [1.82, 2.24) is 0 Å². The summed E-state index contributed by atoms with van der Waals surface area (Å²) in [4.78, 5) is 0. The van der Waals surface area contributed by atoms with Crippen LogP contribution in [0.25, 0.3) is 0 Å². The predicted octanol–water partition coefficient (Wildman–Crippen LogP) is 3.35. The molecule has 2 saturated carbocycles. The lowest BCUT2D eigenvalue weighted by Gasteiger charge is -2.32. The smallest absolute Gasteiger partial charge is 0.0577 e. The molecule has 5 unspecified atom stereocenters. The van der Waals surface area contributed by atoms with Crippen LogP contribution in [0.15, 0.2) is 0 Å².